The van der Waals surface area contributed by atoms with E-state index in [1.165, 1.54) is 30.9 Å². The number of aryl methyl sites for hydroxylation is 1. The van der Waals surface area contributed by atoms with Crippen molar-refractivity contribution >= 4 is 0 Å². The van der Waals surface area contributed by atoms with Crippen molar-refractivity contribution in [1.82, 2.24) is 4.90 Å². The maximum absolute atomic E-state index is 9.94. The molecule has 1 heterocycles. The van der Waals surface area contributed by atoms with Crippen molar-refractivity contribution in [2.45, 2.75) is 58.0 Å². The lowest BCUT2D eigenvalue weighted by molar-refractivity contribution is 0.0886. The fraction of sp³-hybridized carbons (Fsp3) is 0.538. The molecule has 2 N–H and O–H groups in total. The third-order valence-electron chi connectivity index (χ3n) is 6.04. The fourth-order valence-corrected chi connectivity index (χ4v) is 4.10. The van der Waals surface area contributed by atoms with Crippen LogP contribution < -0.4 is 0 Å². The highest BCUT2D eigenvalue weighted by Gasteiger charge is 2.26. The SMILES string of the molecule is Cc1c([C@H]2CN(CCCCCCOCCCCc3ccccc3)CO2)ccc(O)c1O. The molecule has 5 heteroatoms. The van der Waals surface area contributed by atoms with Crippen LogP contribution in [-0.2, 0) is 15.9 Å². The number of ether oxygens (including phenoxy) is 2. The van der Waals surface area contributed by atoms with Crippen LogP contribution >= 0.6 is 0 Å². The Balaban J connectivity index is 1.17. The van der Waals surface area contributed by atoms with Crippen LogP contribution in [0.1, 0.15) is 61.3 Å². The smallest absolute Gasteiger partial charge is 0.160 e. The Morgan fingerprint density at radius 1 is 0.935 bits per heavy atom. The van der Waals surface area contributed by atoms with Gasteiger partial charge >= 0.3 is 0 Å². The molecule has 170 valence electrons. The molecule has 0 bridgehead atoms. The second kappa shape index (κ2) is 12.7. The molecule has 0 saturated carbocycles. The maximum Gasteiger partial charge on any atom is 0.160 e. The largest absolute Gasteiger partial charge is 0.504 e. The van der Waals surface area contributed by atoms with E-state index in [9.17, 15) is 10.2 Å². The van der Waals surface area contributed by atoms with Crippen molar-refractivity contribution in [3.8, 4) is 11.5 Å². The Morgan fingerprint density at radius 2 is 1.68 bits per heavy atom. The lowest BCUT2D eigenvalue weighted by Crippen LogP contribution is -2.21. The van der Waals surface area contributed by atoms with Gasteiger partial charge in [0.15, 0.2) is 11.5 Å². The molecule has 31 heavy (non-hydrogen) atoms. The van der Waals surface area contributed by atoms with Crippen molar-refractivity contribution in [2.24, 2.45) is 0 Å². The van der Waals surface area contributed by atoms with Gasteiger partial charge in [0.2, 0.25) is 0 Å². The number of phenols is 2. The predicted octanol–water partition coefficient (Wildman–Crippen LogP) is 5.34. The molecule has 0 spiro atoms. The molecule has 1 atom stereocenters. The van der Waals surface area contributed by atoms with Crippen molar-refractivity contribution < 1.29 is 19.7 Å². The summed E-state index contributed by atoms with van der Waals surface area (Å²) in [5, 5.41) is 19.5. The Bertz CT molecular complexity index is 780. The molecule has 0 aliphatic carbocycles. The van der Waals surface area contributed by atoms with Gasteiger partial charge in [-0.2, -0.15) is 0 Å². The van der Waals surface area contributed by atoms with Gasteiger partial charge in [-0.15, -0.1) is 0 Å². The zero-order chi connectivity index (χ0) is 21.9. The molecule has 1 aliphatic heterocycles. The van der Waals surface area contributed by atoms with Gasteiger partial charge < -0.3 is 19.7 Å². The van der Waals surface area contributed by atoms with Crippen molar-refractivity contribution in [3.05, 3.63) is 59.2 Å². The molecule has 0 radical (unpaired) electrons. The van der Waals surface area contributed by atoms with Gasteiger partial charge in [-0.05, 0) is 56.2 Å². The Labute approximate surface area is 186 Å². The van der Waals surface area contributed by atoms with Crippen LogP contribution in [-0.4, -0.2) is 48.1 Å². The number of hydrogen-bond acceptors (Lipinski definition) is 5. The number of hydrogen-bond donors (Lipinski definition) is 2. The summed E-state index contributed by atoms with van der Waals surface area (Å²) in [6.45, 7) is 6.03. The first-order valence-corrected chi connectivity index (χ1v) is 11.6. The minimum absolute atomic E-state index is 0.0400. The average Bonchev–Trinajstić information content (AvgIpc) is 3.25. The van der Waals surface area contributed by atoms with Gasteiger partial charge in [0.25, 0.3) is 0 Å². The first-order chi connectivity index (χ1) is 15.1. The highest BCUT2D eigenvalue weighted by Crippen LogP contribution is 2.36. The van der Waals surface area contributed by atoms with E-state index in [1.807, 2.05) is 13.0 Å². The maximum atomic E-state index is 9.94. The van der Waals surface area contributed by atoms with E-state index >= 15 is 0 Å². The summed E-state index contributed by atoms with van der Waals surface area (Å²) in [6, 6.07) is 14.0. The van der Waals surface area contributed by atoms with Gasteiger partial charge in [-0.25, -0.2) is 0 Å². The summed E-state index contributed by atoms with van der Waals surface area (Å²) in [7, 11) is 0. The van der Waals surface area contributed by atoms with Gasteiger partial charge in [0.05, 0.1) is 12.8 Å². The number of rotatable bonds is 13. The molecule has 1 aliphatic rings. The highest BCUT2D eigenvalue weighted by atomic mass is 16.5. The van der Waals surface area contributed by atoms with Crippen LogP contribution in [0.3, 0.4) is 0 Å². The molecular weight excluding hydrogens is 390 g/mol. The fourth-order valence-electron chi connectivity index (χ4n) is 4.10. The van der Waals surface area contributed by atoms with Crippen LogP contribution in [0.15, 0.2) is 42.5 Å². The predicted molar refractivity (Wildman–Crippen MR) is 123 cm³/mol. The molecule has 5 nitrogen and oxygen atoms in total. The Hall–Kier alpha value is -2.08. The van der Waals surface area contributed by atoms with Gasteiger partial charge in [0, 0.05) is 31.9 Å². The topological polar surface area (TPSA) is 62.2 Å². The normalized spacial score (nSPS) is 16.7. The molecule has 0 unspecified atom stereocenters. The van der Waals surface area contributed by atoms with Gasteiger partial charge in [0.1, 0.15) is 0 Å². The number of unbranched alkanes of at least 4 members (excludes halogenated alkanes) is 4. The van der Waals surface area contributed by atoms with Crippen molar-refractivity contribution in [1.29, 1.82) is 0 Å². The van der Waals surface area contributed by atoms with E-state index in [-0.39, 0.29) is 17.6 Å². The highest BCUT2D eigenvalue weighted by molar-refractivity contribution is 5.49. The van der Waals surface area contributed by atoms with Crippen molar-refractivity contribution in [2.75, 3.05) is 33.0 Å². The number of nitrogens with zero attached hydrogens (tertiary/aromatic N) is 1. The summed E-state index contributed by atoms with van der Waals surface area (Å²) >= 11 is 0. The van der Waals surface area contributed by atoms with E-state index in [0.717, 1.165) is 57.6 Å². The summed E-state index contributed by atoms with van der Waals surface area (Å²) in [4.78, 5) is 2.32. The van der Waals surface area contributed by atoms with Crippen LogP contribution in [0.25, 0.3) is 0 Å². The summed E-state index contributed by atoms with van der Waals surface area (Å²) in [5.41, 5.74) is 3.07. The van der Waals surface area contributed by atoms with E-state index in [0.29, 0.717) is 12.3 Å². The molecule has 0 amide bonds. The lowest BCUT2D eigenvalue weighted by Gasteiger charge is -2.15. The first-order valence-electron chi connectivity index (χ1n) is 11.6. The second-order valence-electron chi connectivity index (χ2n) is 8.48. The summed E-state index contributed by atoms with van der Waals surface area (Å²) in [6.07, 6.45) is 8.11. The first kappa shape index (κ1) is 23.6. The molecule has 2 aromatic rings. The third kappa shape index (κ3) is 7.53. The molecule has 0 aromatic heterocycles. The van der Waals surface area contributed by atoms with E-state index < -0.39 is 0 Å². The number of aromatic hydroxyl groups is 2. The van der Waals surface area contributed by atoms with Crippen molar-refractivity contribution in [3.63, 3.8) is 0 Å². The van der Waals surface area contributed by atoms with Crippen LogP contribution in [0.2, 0.25) is 0 Å². The lowest BCUT2D eigenvalue weighted by atomic mass is 10.0. The van der Waals surface area contributed by atoms with Crippen LogP contribution in [0.4, 0.5) is 0 Å². The number of benzene rings is 2. The quantitative estimate of drug-likeness (QED) is 0.334. The minimum Gasteiger partial charge on any atom is -0.504 e. The van der Waals surface area contributed by atoms with E-state index in [1.54, 1.807) is 0 Å². The Kier molecular flexibility index (Phi) is 9.66. The molecule has 1 fully saturated rings. The van der Waals surface area contributed by atoms with Crippen LogP contribution in [0.5, 0.6) is 11.5 Å². The standard InChI is InChI=1S/C26H37NO4/c1-21-23(14-15-24(28)26(21)29)25-19-27(20-31-25)16-8-2-3-9-17-30-18-10-7-13-22-11-5-4-6-12-22/h4-6,11-12,14-15,25,28-29H,2-3,7-10,13,16-20H2,1H3/t25-/m1/s1. The second-order valence-corrected chi connectivity index (χ2v) is 8.48. The third-order valence-corrected chi connectivity index (χ3v) is 6.04. The zero-order valence-electron chi connectivity index (χ0n) is 18.8. The average molecular weight is 428 g/mol. The minimum atomic E-state index is -0.0766. The van der Waals surface area contributed by atoms with Crippen LogP contribution in [0, 0.1) is 6.92 Å². The molecule has 3 rings (SSSR count). The molecule has 1 saturated heterocycles. The van der Waals surface area contributed by atoms with Gasteiger partial charge in [-0.3, -0.25) is 4.90 Å². The Morgan fingerprint density at radius 3 is 2.48 bits per heavy atom. The van der Waals surface area contributed by atoms with E-state index in [4.69, 9.17) is 9.47 Å². The summed E-state index contributed by atoms with van der Waals surface area (Å²) in [5.74, 6) is -0.120. The van der Waals surface area contributed by atoms with E-state index in [2.05, 4.69) is 35.2 Å². The van der Waals surface area contributed by atoms with Gasteiger partial charge in [-0.1, -0.05) is 49.2 Å². The number of phenolic OH excluding ortho intramolecular Hbond substituents is 2. The molecular formula is C26H37NO4. The zero-order valence-corrected chi connectivity index (χ0v) is 18.8. The summed E-state index contributed by atoms with van der Waals surface area (Å²) < 4.78 is 11.7. The monoisotopic (exact) mass is 427 g/mol. The molecule has 2 aromatic carbocycles.